The van der Waals surface area contributed by atoms with Gasteiger partial charge in [-0.2, -0.15) is 0 Å². The molecule has 5 nitrogen and oxygen atoms in total. The van der Waals surface area contributed by atoms with Crippen LogP contribution in [0.5, 0.6) is 0 Å². The molecule has 108 valence electrons. The van der Waals surface area contributed by atoms with Crippen molar-refractivity contribution in [1.82, 2.24) is 10.6 Å². The molecule has 4 N–H and O–H groups in total. The summed E-state index contributed by atoms with van der Waals surface area (Å²) in [7, 11) is 0. The van der Waals surface area contributed by atoms with Gasteiger partial charge < -0.3 is 16.4 Å². The molecular weight excluding hydrogens is 242 g/mol. The lowest BCUT2D eigenvalue weighted by Crippen LogP contribution is -2.55. The first-order valence-corrected chi connectivity index (χ1v) is 7.49. The zero-order chi connectivity index (χ0) is 13.7. The van der Waals surface area contributed by atoms with Crippen LogP contribution in [0.4, 0.5) is 0 Å². The normalized spacial score (nSPS) is 30.4. The van der Waals surface area contributed by atoms with Crippen molar-refractivity contribution >= 4 is 11.8 Å². The average Bonchev–Trinajstić information content (AvgIpc) is 2.42. The molecule has 1 aliphatic heterocycles. The van der Waals surface area contributed by atoms with Crippen molar-refractivity contribution in [2.45, 2.75) is 63.5 Å². The lowest BCUT2D eigenvalue weighted by Gasteiger charge is -2.39. The van der Waals surface area contributed by atoms with Crippen LogP contribution in [0.1, 0.15) is 51.4 Å². The highest BCUT2D eigenvalue weighted by molar-refractivity contribution is 5.82. The topological polar surface area (TPSA) is 84.2 Å². The molecule has 0 spiro atoms. The van der Waals surface area contributed by atoms with Gasteiger partial charge in [0.25, 0.3) is 0 Å². The van der Waals surface area contributed by atoms with E-state index in [1.54, 1.807) is 0 Å². The molecule has 0 aromatic rings. The largest absolute Gasteiger partial charge is 0.370 e. The highest BCUT2D eigenvalue weighted by Crippen LogP contribution is 2.32. The van der Waals surface area contributed by atoms with Crippen molar-refractivity contribution in [2.75, 3.05) is 6.54 Å². The number of nitrogens with one attached hydrogen (secondary N) is 2. The number of primary amides is 1. The lowest BCUT2D eigenvalue weighted by atomic mass is 9.77. The highest BCUT2D eigenvalue weighted by atomic mass is 16.2. The first-order valence-electron chi connectivity index (χ1n) is 7.49. The Morgan fingerprint density at radius 2 is 1.95 bits per heavy atom. The number of hydrogen-bond acceptors (Lipinski definition) is 3. The average molecular weight is 267 g/mol. The van der Waals surface area contributed by atoms with Crippen molar-refractivity contribution < 1.29 is 9.59 Å². The molecule has 3 atom stereocenters. The fourth-order valence-corrected chi connectivity index (χ4v) is 3.30. The van der Waals surface area contributed by atoms with E-state index in [2.05, 4.69) is 10.6 Å². The molecule has 0 aromatic heterocycles. The molecule has 0 radical (unpaired) electrons. The zero-order valence-electron chi connectivity index (χ0n) is 11.5. The Morgan fingerprint density at radius 1 is 1.16 bits per heavy atom. The fraction of sp³-hybridized carbons (Fsp3) is 0.857. The number of amides is 2. The second-order valence-electron chi connectivity index (χ2n) is 5.81. The van der Waals surface area contributed by atoms with E-state index in [0.29, 0.717) is 25.4 Å². The molecule has 0 bridgehead atoms. The SMILES string of the molecule is NC(=O)CCCNC(=O)C1CCC2CCCCC2N1. The Labute approximate surface area is 114 Å². The van der Waals surface area contributed by atoms with E-state index in [9.17, 15) is 9.59 Å². The van der Waals surface area contributed by atoms with Crippen LogP contribution < -0.4 is 16.4 Å². The maximum absolute atomic E-state index is 12.0. The maximum Gasteiger partial charge on any atom is 0.237 e. The highest BCUT2D eigenvalue weighted by Gasteiger charge is 2.34. The van der Waals surface area contributed by atoms with Gasteiger partial charge in [0, 0.05) is 19.0 Å². The number of hydrogen-bond donors (Lipinski definition) is 3. The fourth-order valence-electron chi connectivity index (χ4n) is 3.30. The monoisotopic (exact) mass is 267 g/mol. The Balaban J connectivity index is 1.69. The van der Waals surface area contributed by atoms with Crippen molar-refractivity contribution in [1.29, 1.82) is 0 Å². The van der Waals surface area contributed by atoms with Crippen LogP contribution in [-0.4, -0.2) is 30.4 Å². The van der Waals surface area contributed by atoms with Crippen LogP contribution in [0.15, 0.2) is 0 Å². The summed E-state index contributed by atoms with van der Waals surface area (Å²) >= 11 is 0. The van der Waals surface area contributed by atoms with Gasteiger partial charge in [0.15, 0.2) is 0 Å². The van der Waals surface area contributed by atoms with Gasteiger partial charge in [-0.15, -0.1) is 0 Å². The summed E-state index contributed by atoms with van der Waals surface area (Å²) in [5.74, 6) is 0.538. The summed E-state index contributed by atoms with van der Waals surface area (Å²) in [5, 5.41) is 6.40. The van der Waals surface area contributed by atoms with Gasteiger partial charge in [0.05, 0.1) is 6.04 Å². The van der Waals surface area contributed by atoms with Gasteiger partial charge in [-0.05, 0) is 38.0 Å². The lowest BCUT2D eigenvalue weighted by molar-refractivity contribution is -0.125. The van der Waals surface area contributed by atoms with Gasteiger partial charge >= 0.3 is 0 Å². The van der Waals surface area contributed by atoms with E-state index in [1.807, 2.05) is 0 Å². The molecule has 5 heteroatoms. The number of piperidine rings is 1. The van der Waals surface area contributed by atoms with Crippen molar-refractivity contribution in [2.24, 2.45) is 11.7 Å². The number of nitrogens with two attached hydrogens (primary N) is 1. The molecule has 2 rings (SSSR count). The summed E-state index contributed by atoms with van der Waals surface area (Å²) in [5.41, 5.74) is 5.06. The molecule has 2 aliphatic rings. The minimum Gasteiger partial charge on any atom is -0.370 e. The Bertz CT molecular complexity index is 333. The van der Waals surface area contributed by atoms with E-state index in [-0.39, 0.29) is 17.9 Å². The summed E-state index contributed by atoms with van der Waals surface area (Å²) in [6.45, 7) is 0.536. The van der Waals surface area contributed by atoms with E-state index < -0.39 is 0 Å². The zero-order valence-corrected chi connectivity index (χ0v) is 11.5. The van der Waals surface area contributed by atoms with Gasteiger partial charge in [0.2, 0.25) is 11.8 Å². The van der Waals surface area contributed by atoms with Gasteiger partial charge in [-0.25, -0.2) is 0 Å². The predicted octanol–water partition coefficient (Wildman–Crippen LogP) is 0.679. The standard InChI is InChI=1S/C14H25N3O2/c15-13(18)6-3-9-16-14(19)12-8-7-10-4-1-2-5-11(10)17-12/h10-12,17H,1-9H2,(H2,15,18)(H,16,19). The van der Waals surface area contributed by atoms with Crippen LogP contribution in [0.2, 0.25) is 0 Å². The number of carbonyl (C=O) groups excluding carboxylic acids is 2. The Kier molecular flexibility index (Phi) is 5.19. The first kappa shape index (κ1) is 14.3. The minimum atomic E-state index is -0.310. The molecule has 1 aliphatic carbocycles. The second kappa shape index (κ2) is 6.89. The predicted molar refractivity (Wildman–Crippen MR) is 73.3 cm³/mol. The van der Waals surface area contributed by atoms with E-state index in [1.165, 1.54) is 25.7 Å². The van der Waals surface area contributed by atoms with Gasteiger partial charge in [-0.3, -0.25) is 9.59 Å². The third-order valence-electron chi connectivity index (χ3n) is 4.37. The van der Waals surface area contributed by atoms with Crippen LogP contribution in [0.25, 0.3) is 0 Å². The van der Waals surface area contributed by atoms with Crippen molar-refractivity contribution in [3.63, 3.8) is 0 Å². The van der Waals surface area contributed by atoms with Crippen LogP contribution in [-0.2, 0) is 9.59 Å². The molecule has 1 heterocycles. The molecule has 19 heavy (non-hydrogen) atoms. The maximum atomic E-state index is 12.0. The summed E-state index contributed by atoms with van der Waals surface area (Å²) in [6.07, 6.45) is 8.19. The third-order valence-corrected chi connectivity index (χ3v) is 4.37. The molecule has 2 fully saturated rings. The first-order chi connectivity index (χ1) is 9.16. The molecule has 0 aromatic carbocycles. The molecule has 1 saturated heterocycles. The van der Waals surface area contributed by atoms with Crippen molar-refractivity contribution in [3.8, 4) is 0 Å². The Hall–Kier alpha value is -1.10. The molecule has 1 saturated carbocycles. The van der Waals surface area contributed by atoms with Crippen LogP contribution in [0.3, 0.4) is 0 Å². The van der Waals surface area contributed by atoms with Crippen LogP contribution >= 0.6 is 0 Å². The van der Waals surface area contributed by atoms with E-state index >= 15 is 0 Å². The quantitative estimate of drug-likeness (QED) is 0.640. The number of fused-ring (bicyclic) bond motifs is 1. The van der Waals surface area contributed by atoms with Crippen LogP contribution in [0, 0.1) is 5.92 Å². The smallest absolute Gasteiger partial charge is 0.237 e. The van der Waals surface area contributed by atoms with E-state index in [4.69, 9.17) is 5.73 Å². The summed E-state index contributed by atoms with van der Waals surface area (Å²) in [6, 6.07) is 0.483. The molecule has 3 unspecified atom stereocenters. The van der Waals surface area contributed by atoms with Gasteiger partial charge in [-0.1, -0.05) is 12.8 Å². The second-order valence-corrected chi connectivity index (χ2v) is 5.81. The third kappa shape index (κ3) is 4.20. The minimum absolute atomic E-state index is 0.0482. The number of rotatable bonds is 5. The van der Waals surface area contributed by atoms with E-state index in [0.717, 1.165) is 18.8 Å². The molecular formula is C14H25N3O2. The summed E-state index contributed by atoms with van der Waals surface area (Å²) < 4.78 is 0. The summed E-state index contributed by atoms with van der Waals surface area (Å²) in [4.78, 5) is 22.6. The van der Waals surface area contributed by atoms with Gasteiger partial charge in [0.1, 0.15) is 0 Å². The molecule has 2 amide bonds. The van der Waals surface area contributed by atoms with Crippen molar-refractivity contribution in [3.05, 3.63) is 0 Å². The number of carbonyl (C=O) groups is 2. The Morgan fingerprint density at radius 3 is 2.74 bits per heavy atom.